The van der Waals surface area contributed by atoms with Crippen LogP contribution in [0.25, 0.3) is 0 Å². The fourth-order valence-electron chi connectivity index (χ4n) is 1.49. The van der Waals surface area contributed by atoms with E-state index in [-0.39, 0.29) is 6.42 Å². The van der Waals surface area contributed by atoms with Crippen LogP contribution < -0.4 is 10.6 Å². The molecule has 0 bridgehead atoms. The van der Waals surface area contributed by atoms with E-state index < -0.39 is 18.0 Å². The van der Waals surface area contributed by atoms with Crippen LogP contribution >= 0.6 is 11.3 Å². The molecule has 1 aromatic heterocycles. The first-order valence-electron chi connectivity index (χ1n) is 5.85. The molecule has 7 heteroatoms. The van der Waals surface area contributed by atoms with Crippen molar-refractivity contribution in [1.82, 2.24) is 10.3 Å². The Bertz CT molecular complexity index is 485. The first kappa shape index (κ1) is 15.2. The van der Waals surface area contributed by atoms with Crippen molar-refractivity contribution in [3.05, 3.63) is 23.2 Å². The molecule has 2 amide bonds. The number of aromatic nitrogens is 1. The van der Waals surface area contributed by atoms with Gasteiger partial charge in [0.05, 0.1) is 5.69 Å². The van der Waals surface area contributed by atoms with Crippen LogP contribution in [-0.4, -0.2) is 28.1 Å². The monoisotopic (exact) mass is 283 g/mol. The van der Waals surface area contributed by atoms with Crippen molar-refractivity contribution < 1.29 is 14.7 Å². The predicted molar refractivity (Wildman–Crippen MR) is 74.6 cm³/mol. The fraction of sp³-hybridized carbons (Fsp3) is 0.417. The van der Waals surface area contributed by atoms with Gasteiger partial charge in [0.1, 0.15) is 6.04 Å². The molecule has 1 aromatic rings. The lowest BCUT2D eigenvalue weighted by Crippen LogP contribution is -2.42. The maximum Gasteiger partial charge on any atom is 0.326 e. The number of carbonyl (C=O) groups excluding carboxylic acids is 1. The molecule has 1 atom stereocenters. The number of nitrogens with one attached hydrogen (secondary N) is 2. The molecular weight excluding hydrogens is 266 g/mol. The van der Waals surface area contributed by atoms with E-state index in [0.29, 0.717) is 5.13 Å². The molecule has 0 aliphatic rings. The van der Waals surface area contributed by atoms with Crippen LogP contribution in [0.1, 0.15) is 23.9 Å². The number of carboxylic acid groups (broad SMARTS) is 1. The van der Waals surface area contributed by atoms with Gasteiger partial charge in [-0.25, -0.2) is 14.6 Å². The second-order valence-electron chi connectivity index (χ2n) is 3.89. The van der Waals surface area contributed by atoms with Gasteiger partial charge in [-0.15, -0.1) is 17.9 Å². The minimum Gasteiger partial charge on any atom is -0.480 e. The SMILES string of the molecule is C=CCC(NC(=O)Nc1nc(CC)c(C)s1)C(=O)O. The van der Waals surface area contributed by atoms with E-state index in [0.717, 1.165) is 17.0 Å². The van der Waals surface area contributed by atoms with Gasteiger partial charge in [-0.05, 0) is 19.8 Å². The minimum absolute atomic E-state index is 0.167. The molecular formula is C12H17N3O3S. The predicted octanol–water partition coefficient (Wildman–Crippen LogP) is 2.16. The zero-order valence-corrected chi connectivity index (χ0v) is 11.7. The fourth-order valence-corrected chi connectivity index (χ4v) is 2.39. The molecule has 0 aliphatic carbocycles. The number of rotatable bonds is 6. The Kier molecular flexibility index (Phi) is 5.50. The maximum absolute atomic E-state index is 11.7. The first-order chi connectivity index (χ1) is 8.97. The summed E-state index contributed by atoms with van der Waals surface area (Å²) in [7, 11) is 0. The van der Waals surface area contributed by atoms with E-state index in [9.17, 15) is 9.59 Å². The number of aryl methyl sites for hydroxylation is 2. The number of hydrogen-bond donors (Lipinski definition) is 3. The highest BCUT2D eigenvalue weighted by molar-refractivity contribution is 7.15. The van der Waals surface area contributed by atoms with Crippen molar-refractivity contribution >= 4 is 28.5 Å². The average Bonchev–Trinajstić information content (AvgIpc) is 2.68. The number of carboxylic acids is 1. The zero-order chi connectivity index (χ0) is 14.4. The Hall–Kier alpha value is -1.89. The summed E-state index contributed by atoms with van der Waals surface area (Å²) in [5.41, 5.74) is 0.932. The summed E-state index contributed by atoms with van der Waals surface area (Å²) in [6.45, 7) is 7.37. The van der Waals surface area contributed by atoms with Crippen LogP contribution in [0.4, 0.5) is 9.93 Å². The second-order valence-corrected chi connectivity index (χ2v) is 5.09. The van der Waals surface area contributed by atoms with Crippen LogP contribution in [0, 0.1) is 6.92 Å². The average molecular weight is 283 g/mol. The number of carbonyl (C=O) groups is 2. The number of hydrogen-bond acceptors (Lipinski definition) is 4. The van der Waals surface area contributed by atoms with Gasteiger partial charge in [0.2, 0.25) is 0 Å². The van der Waals surface area contributed by atoms with E-state index in [1.54, 1.807) is 0 Å². The summed E-state index contributed by atoms with van der Waals surface area (Å²) in [6, 6.07) is -1.56. The van der Waals surface area contributed by atoms with Crippen molar-refractivity contribution in [2.45, 2.75) is 32.7 Å². The van der Waals surface area contributed by atoms with Gasteiger partial charge in [-0.2, -0.15) is 0 Å². The molecule has 3 N–H and O–H groups in total. The molecule has 19 heavy (non-hydrogen) atoms. The summed E-state index contributed by atoms with van der Waals surface area (Å²) in [6.07, 6.45) is 2.40. The highest BCUT2D eigenvalue weighted by Gasteiger charge is 2.19. The summed E-state index contributed by atoms with van der Waals surface area (Å²) in [5.74, 6) is -1.10. The lowest BCUT2D eigenvalue weighted by molar-refractivity contribution is -0.139. The Balaban J connectivity index is 2.63. The van der Waals surface area contributed by atoms with Crippen LogP contribution in [-0.2, 0) is 11.2 Å². The second kappa shape index (κ2) is 6.89. The minimum atomic E-state index is -1.10. The Morgan fingerprint density at radius 3 is 2.74 bits per heavy atom. The standard InChI is InChI=1S/C12H17N3O3S/c1-4-6-9(10(16)17)13-11(18)15-12-14-8(5-2)7(3)19-12/h4,9H,1,5-6H2,2-3H3,(H,16,17)(H2,13,14,15,18). The van der Waals surface area contributed by atoms with Gasteiger partial charge in [-0.3, -0.25) is 5.32 Å². The molecule has 6 nitrogen and oxygen atoms in total. The van der Waals surface area contributed by atoms with Crippen LogP contribution in [0.15, 0.2) is 12.7 Å². The summed E-state index contributed by atoms with van der Waals surface area (Å²) in [4.78, 5) is 27.8. The molecule has 0 saturated carbocycles. The van der Waals surface area contributed by atoms with Crippen LogP contribution in [0.3, 0.4) is 0 Å². The van der Waals surface area contributed by atoms with Crippen molar-refractivity contribution in [1.29, 1.82) is 0 Å². The zero-order valence-electron chi connectivity index (χ0n) is 10.9. The number of anilines is 1. The molecule has 0 fully saturated rings. The molecule has 104 valence electrons. The summed E-state index contributed by atoms with van der Waals surface area (Å²) in [5, 5.41) is 14.3. The van der Waals surface area contributed by atoms with E-state index in [2.05, 4.69) is 22.2 Å². The number of aliphatic carboxylic acids is 1. The number of amides is 2. The highest BCUT2D eigenvalue weighted by Crippen LogP contribution is 2.22. The van der Waals surface area contributed by atoms with Gasteiger partial charge in [0, 0.05) is 4.88 Å². The number of urea groups is 1. The van der Waals surface area contributed by atoms with Crippen molar-refractivity contribution in [3.63, 3.8) is 0 Å². The Labute approximate surface area is 115 Å². The molecule has 0 spiro atoms. The topological polar surface area (TPSA) is 91.3 Å². The van der Waals surface area contributed by atoms with E-state index in [4.69, 9.17) is 5.11 Å². The lowest BCUT2D eigenvalue weighted by Gasteiger charge is -2.12. The van der Waals surface area contributed by atoms with Gasteiger partial charge in [0.15, 0.2) is 5.13 Å². The third kappa shape index (κ3) is 4.36. The molecule has 1 rings (SSSR count). The normalized spacial score (nSPS) is 11.7. The molecule has 0 saturated heterocycles. The van der Waals surface area contributed by atoms with E-state index in [1.165, 1.54) is 17.4 Å². The third-order valence-corrected chi connectivity index (χ3v) is 3.38. The first-order valence-corrected chi connectivity index (χ1v) is 6.67. The van der Waals surface area contributed by atoms with Crippen molar-refractivity contribution in [2.24, 2.45) is 0 Å². The number of thiazole rings is 1. The summed E-state index contributed by atoms with van der Waals surface area (Å²) >= 11 is 1.37. The molecule has 1 unspecified atom stereocenters. The van der Waals surface area contributed by atoms with Gasteiger partial charge in [0.25, 0.3) is 0 Å². The van der Waals surface area contributed by atoms with Crippen LogP contribution in [0.5, 0.6) is 0 Å². The quantitative estimate of drug-likeness (QED) is 0.698. The van der Waals surface area contributed by atoms with Crippen molar-refractivity contribution in [2.75, 3.05) is 5.32 Å². The van der Waals surface area contributed by atoms with Gasteiger partial charge in [-0.1, -0.05) is 13.0 Å². The third-order valence-electron chi connectivity index (χ3n) is 2.45. The van der Waals surface area contributed by atoms with Crippen LogP contribution in [0.2, 0.25) is 0 Å². The molecule has 1 heterocycles. The van der Waals surface area contributed by atoms with Crippen molar-refractivity contribution in [3.8, 4) is 0 Å². The maximum atomic E-state index is 11.7. The summed E-state index contributed by atoms with van der Waals surface area (Å²) < 4.78 is 0. The van der Waals surface area contributed by atoms with E-state index in [1.807, 2.05) is 13.8 Å². The van der Waals surface area contributed by atoms with Gasteiger partial charge < -0.3 is 10.4 Å². The van der Waals surface area contributed by atoms with Gasteiger partial charge >= 0.3 is 12.0 Å². The molecule has 0 radical (unpaired) electrons. The van der Waals surface area contributed by atoms with E-state index >= 15 is 0 Å². The number of nitrogens with zero attached hydrogens (tertiary/aromatic N) is 1. The highest BCUT2D eigenvalue weighted by atomic mass is 32.1. The molecule has 0 aliphatic heterocycles. The Morgan fingerprint density at radius 2 is 2.26 bits per heavy atom. The lowest BCUT2D eigenvalue weighted by atomic mass is 10.2. The smallest absolute Gasteiger partial charge is 0.326 e. The largest absolute Gasteiger partial charge is 0.480 e. The Morgan fingerprint density at radius 1 is 1.58 bits per heavy atom. The molecule has 0 aromatic carbocycles.